The summed E-state index contributed by atoms with van der Waals surface area (Å²) in [6.07, 6.45) is 0. The molecule has 0 unspecified atom stereocenters. The van der Waals surface area contributed by atoms with Gasteiger partial charge in [0, 0.05) is 37.1 Å². The number of sulfonamides is 1. The first kappa shape index (κ1) is 21.7. The van der Waals surface area contributed by atoms with E-state index in [1.165, 1.54) is 21.2 Å². The van der Waals surface area contributed by atoms with Crippen molar-refractivity contribution in [3.8, 4) is 10.6 Å². The zero-order chi connectivity index (χ0) is 22.2. The van der Waals surface area contributed by atoms with Gasteiger partial charge in [-0.1, -0.05) is 35.9 Å². The molecule has 162 valence electrons. The van der Waals surface area contributed by atoms with Crippen molar-refractivity contribution in [3.05, 3.63) is 70.2 Å². The van der Waals surface area contributed by atoms with Crippen molar-refractivity contribution >= 4 is 27.3 Å². The highest BCUT2D eigenvalue weighted by Crippen LogP contribution is 2.25. The predicted molar refractivity (Wildman–Crippen MR) is 123 cm³/mol. The first-order valence-electron chi connectivity index (χ1n) is 10.1. The van der Waals surface area contributed by atoms with Crippen LogP contribution in [0, 0.1) is 20.8 Å². The number of benzene rings is 2. The smallest absolute Gasteiger partial charge is 0.273 e. The third-order valence-electron chi connectivity index (χ3n) is 5.66. The quantitative estimate of drug-likeness (QED) is 0.599. The molecule has 3 aromatic rings. The fourth-order valence-corrected chi connectivity index (χ4v) is 5.83. The topological polar surface area (TPSA) is 70.6 Å². The molecule has 1 aliphatic rings. The fourth-order valence-electron chi connectivity index (χ4n) is 3.52. The van der Waals surface area contributed by atoms with Gasteiger partial charge >= 0.3 is 0 Å². The molecule has 1 aliphatic heterocycles. The molecule has 2 heterocycles. The zero-order valence-corrected chi connectivity index (χ0v) is 19.5. The van der Waals surface area contributed by atoms with Crippen molar-refractivity contribution in [1.29, 1.82) is 0 Å². The monoisotopic (exact) mass is 455 g/mol. The van der Waals surface area contributed by atoms with Crippen LogP contribution < -0.4 is 0 Å². The van der Waals surface area contributed by atoms with Crippen LogP contribution in [0.4, 0.5) is 0 Å². The molecular weight excluding hydrogens is 430 g/mol. The highest BCUT2D eigenvalue weighted by Gasteiger charge is 2.31. The molecule has 1 saturated heterocycles. The molecule has 0 radical (unpaired) electrons. The maximum atomic E-state index is 13.0. The largest absolute Gasteiger partial charge is 0.335 e. The lowest BCUT2D eigenvalue weighted by Gasteiger charge is -2.33. The van der Waals surface area contributed by atoms with Crippen LogP contribution in [0.15, 0.2) is 52.7 Å². The van der Waals surface area contributed by atoms with Gasteiger partial charge in [0.15, 0.2) is 0 Å². The first-order chi connectivity index (χ1) is 14.8. The van der Waals surface area contributed by atoms with Gasteiger partial charge in [-0.15, -0.1) is 11.3 Å². The van der Waals surface area contributed by atoms with Crippen molar-refractivity contribution in [1.82, 2.24) is 14.2 Å². The van der Waals surface area contributed by atoms with Gasteiger partial charge in [-0.05, 0) is 44.0 Å². The second-order valence-electron chi connectivity index (χ2n) is 7.85. The van der Waals surface area contributed by atoms with E-state index < -0.39 is 10.0 Å². The van der Waals surface area contributed by atoms with E-state index in [1.54, 1.807) is 22.4 Å². The van der Waals surface area contributed by atoms with Crippen molar-refractivity contribution in [2.75, 3.05) is 26.2 Å². The molecule has 6 nitrogen and oxygen atoms in total. The number of carbonyl (C=O) groups excluding carboxylic acids is 1. The van der Waals surface area contributed by atoms with Gasteiger partial charge in [0.25, 0.3) is 5.91 Å². The molecular formula is C23H25N3O3S2. The molecule has 1 fully saturated rings. The number of aryl methyl sites for hydroxylation is 3. The van der Waals surface area contributed by atoms with Crippen molar-refractivity contribution < 1.29 is 13.2 Å². The van der Waals surface area contributed by atoms with Crippen LogP contribution in [-0.2, 0) is 10.0 Å². The molecule has 1 amide bonds. The minimum absolute atomic E-state index is 0.155. The minimum atomic E-state index is -3.57. The highest BCUT2D eigenvalue weighted by molar-refractivity contribution is 7.89. The summed E-state index contributed by atoms with van der Waals surface area (Å²) in [5.74, 6) is -0.155. The number of piperazine rings is 1. The lowest BCUT2D eigenvalue weighted by molar-refractivity contribution is 0.0693. The van der Waals surface area contributed by atoms with Gasteiger partial charge in [-0.3, -0.25) is 4.79 Å². The highest BCUT2D eigenvalue weighted by atomic mass is 32.2. The standard InChI is InChI=1S/C23H25N3O3S2/c1-16-4-7-19(8-5-16)22-24-21(15-30-22)23(27)25-10-12-26(13-11-25)31(28,29)20-9-6-17(2)18(3)14-20/h4-9,14-15H,10-13H2,1-3H3. The van der Waals surface area contributed by atoms with E-state index in [1.807, 2.05) is 51.1 Å². The average Bonchev–Trinajstić information content (AvgIpc) is 3.26. The number of amides is 1. The summed E-state index contributed by atoms with van der Waals surface area (Å²) in [7, 11) is -3.57. The Morgan fingerprint density at radius 3 is 2.26 bits per heavy atom. The average molecular weight is 456 g/mol. The molecule has 4 rings (SSSR count). The third kappa shape index (κ3) is 4.42. The number of carbonyl (C=O) groups is 1. The molecule has 0 aliphatic carbocycles. The second kappa shape index (κ2) is 8.53. The molecule has 31 heavy (non-hydrogen) atoms. The second-order valence-corrected chi connectivity index (χ2v) is 10.6. The summed E-state index contributed by atoms with van der Waals surface area (Å²) in [6.45, 7) is 7.13. The van der Waals surface area contributed by atoms with Gasteiger partial charge in [-0.25, -0.2) is 13.4 Å². The van der Waals surface area contributed by atoms with Gasteiger partial charge in [0.05, 0.1) is 4.90 Å². The van der Waals surface area contributed by atoms with Gasteiger partial charge in [0.2, 0.25) is 10.0 Å². The molecule has 0 saturated carbocycles. The van der Waals surface area contributed by atoms with Crippen LogP contribution in [0.3, 0.4) is 0 Å². The third-order valence-corrected chi connectivity index (χ3v) is 8.45. The Morgan fingerprint density at radius 2 is 1.61 bits per heavy atom. The summed E-state index contributed by atoms with van der Waals surface area (Å²) in [4.78, 5) is 19.4. The lowest BCUT2D eigenvalue weighted by atomic mass is 10.1. The van der Waals surface area contributed by atoms with E-state index in [9.17, 15) is 13.2 Å². The number of thiazole rings is 1. The van der Waals surface area contributed by atoms with E-state index in [4.69, 9.17) is 0 Å². The SMILES string of the molecule is Cc1ccc(-c2nc(C(=O)N3CCN(S(=O)(=O)c4ccc(C)c(C)c4)CC3)cs2)cc1. The minimum Gasteiger partial charge on any atom is -0.335 e. The number of aromatic nitrogens is 1. The van der Waals surface area contributed by atoms with Crippen LogP contribution >= 0.6 is 11.3 Å². The Kier molecular flexibility index (Phi) is 5.96. The summed E-state index contributed by atoms with van der Waals surface area (Å²) in [5.41, 5.74) is 4.57. The van der Waals surface area contributed by atoms with Crippen LogP contribution in [-0.4, -0.2) is 54.7 Å². The number of rotatable bonds is 4. The number of hydrogen-bond donors (Lipinski definition) is 0. The van der Waals surface area contributed by atoms with Crippen LogP contribution in [0.2, 0.25) is 0 Å². The van der Waals surface area contributed by atoms with E-state index in [0.717, 1.165) is 21.7 Å². The predicted octanol–water partition coefficient (Wildman–Crippen LogP) is 3.88. The molecule has 8 heteroatoms. The Morgan fingerprint density at radius 1 is 0.935 bits per heavy atom. The summed E-state index contributed by atoms with van der Waals surface area (Å²) in [5, 5.41) is 2.58. The van der Waals surface area contributed by atoms with Crippen LogP contribution in [0.5, 0.6) is 0 Å². The zero-order valence-electron chi connectivity index (χ0n) is 17.8. The first-order valence-corrected chi connectivity index (χ1v) is 12.5. The molecule has 0 spiro atoms. The van der Waals surface area contributed by atoms with E-state index in [-0.39, 0.29) is 19.0 Å². The Hall–Kier alpha value is -2.55. The van der Waals surface area contributed by atoms with Gasteiger partial charge in [-0.2, -0.15) is 4.31 Å². The summed E-state index contributed by atoms with van der Waals surface area (Å²) < 4.78 is 27.4. The van der Waals surface area contributed by atoms with Crippen molar-refractivity contribution in [2.24, 2.45) is 0 Å². The maximum Gasteiger partial charge on any atom is 0.273 e. The molecule has 0 bridgehead atoms. The van der Waals surface area contributed by atoms with E-state index in [2.05, 4.69) is 4.98 Å². The Labute approximate surface area is 187 Å². The number of hydrogen-bond acceptors (Lipinski definition) is 5. The van der Waals surface area contributed by atoms with E-state index >= 15 is 0 Å². The lowest BCUT2D eigenvalue weighted by Crippen LogP contribution is -2.50. The fraction of sp³-hybridized carbons (Fsp3) is 0.304. The molecule has 0 atom stereocenters. The van der Waals surface area contributed by atoms with Gasteiger partial charge < -0.3 is 4.90 Å². The normalized spacial score (nSPS) is 15.3. The summed E-state index contributed by atoms with van der Waals surface area (Å²) in [6, 6.07) is 13.2. The molecule has 0 N–H and O–H groups in total. The Bertz CT molecular complexity index is 1210. The molecule has 1 aromatic heterocycles. The number of nitrogens with zero attached hydrogens (tertiary/aromatic N) is 3. The summed E-state index contributed by atoms with van der Waals surface area (Å²) >= 11 is 1.44. The van der Waals surface area contributed by atoms with Gasteiger partial charge in [0.1, 0.15) is 10.7 Å². The van der Waals surface area contributed by atoms with Crippen molar-refractivity contribution in [2.45, 2.75) is 25.7 Å². The van der Waals surface area contributed by atoms with E-state index in [0.29, 0.717) is 23.7 Å². The maximum absolute atomic E-state index is 13.0. The molecule has 2 aromatic carbocycles. The van der Waals surface area contributed by atoms with Crippen LogP contribution in [0.25, 0.3) is 10.6 Å². The van der Waals surface area contributed by atoms with Crippen molar-refractivity contribution in [3.63, 3.8) is 0 Å². The Balaban J connectivity index is 1.43. The van der Waals surface area contributed by atoms with Crippen LogP contribution in [0.1, 0.15) is 27.2 Å².